The van der Waals surface area contributed by atoms with Crippen LogP contribution in [-0.2, 0) is 18.9 Å². The summed E-state index contributed by atoms with van der Waals surface area (Å²) in [4.78, 5) is 0. The molecule has 6 aromatic carbocycles. The number of hydrogen-bond donors (Lipinski definition) is 0. The molecule has 11 heteroatoms. The molecule has 0 N–H and O–H groups in total. The van der Waals surface area contributed by atoms with Crippen molar-refractivity contribution in [1.82, 2.24) is 0 Å². The summed E-state index contributed by atoms with van der Waals surface area (Å²) < 4.78 is 19.8. The van der Waals surface area contributed by atoms with E-state index in [1.165, 1.54) is 92.9 Å². The van der Waals surface area contributed by atoms with E-state index < -0.39 is 32.3 Å². The molecule has 0 atom stereocenters. The average molecular weight is 1270 g/mol. The van der Waals surface area contributed by atoms with Crippen molar-refractivity contribution in [3.05, 3.63) is 193 Å². The predicted molar refractivity (Wildman–Crippen MR) is 392 cm³/mol. The molecule has 0 unspecified atom stereocenters. The zero-order valence-corrected chi connectivity index (χ0v) is 63.0. The van der Waals surface area contributed by atoms with Crippen LogP contribution in [0.3, 0.4) is 0 Å². The average Bonchev–Trinajstić information content (AvgIpc) is 2.04. The van der Waals surface area contributed by atoms with Gasteiger partial charge in [0.05, 0.1) is 34.8 Å². The van der Waals surface area contributed by atoms with Gasteiger partial charge in [-0.3, -0.25) is 0 Å². The summed E-state index contributed by atoms with van der Waals surface area (Å²) >= 11 is 0. The summed E-state index contributed by atoms with van der Waals surface area (Å²) in [7, 11) is -3.66. The van der Waals surface area contributed by atoms with Gasteiger partial charge < -0.3 is 27.1 Å². The summed E-state index contributed by atoms with van der Waals surface area (Å²) in [6.45, 7) is 42.3. The second-order valence-electron chi connectivity index (χ2n) is 26.2. The first kappa shape index (κ1) is 74.3. The van der Waals surface area contributed by atoms with E-state index in [-0.39, 0.29) is 37.7 Å². The van der Waals surface area contributed by atoms with E-state index in [0.717, 1.165) is 61.0 Å². The van der Waals surface area contributed by atoms with E-state index >= 15 is 0 Å². The first-order chi connectivity index (χ1) is 40.2. The van der Waals surface area contributed by atoms with E-state index in [9.17, 15) is 0 Å². The second kappa shape index (κ2) is 39.1. The number of rotatable bonds is 8. The van der Waals surface area contributed by atoms with Crippen molar-refractivity contribution in [2.75, 3.05) is 52.9 Å². The molecule has 4 saturated heterocycles. The van der Waals surface area contributed by atoms with E-state index in [1.807, 2.05) is 36.4 Å². The monoisotopic (exact) mass is 1270 g/mol. The predicted octanol–water partition coefficient (Wildman–Crippen LogP) is 19.3. The van der Waals surface area contributed by atoms with Crippen LogP contribution < -0.4 is 20.7 Å². The van der Waals surface area contributed by atoms with Crippen molar-refractivity contribution in [3.63, 3.8) is 0 Å². The molecule has 4 nitrogen and oxygen atoms in total. The van der Waals surface area contributed by atoms with Gasteiger partial charge in [-0.2, -0.15) is 10.6 Å². The molecular formula is C74H105CaO4P2Si4+. The SMILES string of the molecule is C1CCOC1.C1CCOC1.C1CCOC1.C1CCOC1.C[Si](C)(C)c1c(-c2ccccc2)[p-]c(-c2ccccc2)c1[Si](C)(C)C.C[Si](C)(C)c1c(-c2ccccc2)[pH+][c-](-c2ccccc2)c1[Si](C)(C)C.Cc1ccccc1.Cc1ccccc1.[Ca+2]. The van der Waals surface area contributed by atoms with Crippen molar-refractivity contribution in [3.8, 4) is 43.4 Å². The summed E-state index contributed by atoms with van der Waals surface area (Å²) in [6.07, 6.45) is 10.2. The van der Waals surface area contributed by atoms with Crippen LogP contribution in [0.5, 0.6) is 0 Å². The van der Waals surface area contributed by atoms with E-state index in [1.54, 1.807) is 41.9 Å². The van der Waals surface area contributed by atoms with E-state index in [2.05, 4.69) is 238 Å². The normalized spacial score (nSPS) is 14.5. The van der Waals surface area contributed by atoms with Crippen LogP contribution in [0.15, 0.2) is 182 Å². The van der Waals surface area contributed by atoms with Crippen molar-refractivity contribution in [1.29, 1.82) is 0 Å². The minimum Gasteiger partial charge on any atom is -0.515 e. The van der Waals surface area contributed by atoms with Gasteiger partial charge >= 0.3 is 37.7 Å². The molecule has 4 fully saturated rings. The van der Waals surface area contributed by atoms with Crippen LogP contribution in [0.2, 0.25) is 78.6 Å². The van der Waals surface area contributed by atoms with Crippen LogP contribution in [0.25, 0.3) is 43.4 Å². The molecule has 0 spiro atoms. The third-order valence-corrected chi connectivity index (χ3v) is 26.8. The number of ether oxygens (including phenoxy) is 4. The van der Waals surface area contributed by atoms with Gasteiger partial charge in [-0.05, 0) is 70.8 Å². The molecular weight excluding hydrogens is 1170 g/mol. The Labute approximate surface area is 554 Å². The summed E-state index contributed by atoms with van der Waals surface area (Å²) in [6, 6.07) is 64.8. The Morgan fingerprint density at radius 3 is 0.812 bits per heavy atom. The third-order valence-electron chi connectivity index (χ3n) is 14.4. The molecule has 0 aliphatic carbocycles. The van der Waals surface area contributed by atoms with Crippen LogP contribution in [-0.4, -0.2) is 123 Å². The van der Waals surface area contributed by atoms with Gasteiger partial charge in [0.25, 0.3) is 0 Å². The summed E-state index contributed by atoms with van der Waals surface area (Å²) in [5, 5.41) is 13.3. The Kier molecular flexibility index (Phi) is 34.2. The number of hydrogen-bond acceptors (Lipinski definition) is 4. The smallest absolute Gasteiger partial charge is 0.515 e. The van der Waals surface area contributed by atoms with Gasteiger partial charge in [0.15, 0.2) is 0 Å². The van der Waals surface area contributed by atoms with E-state index in [4.69, 9.17) is 18.9 Å². The summed E-state index contributed by atoms with van der Waals surface area (Å²) in [5.41, 5.74) is 8.32. The van der Waals surface area contributed by atoms with Gasteiger partial charge in [-0.25, -0.2) is 0 Å². The molecule has 4 aliphatic rings. The van der Waals surface area contributed by atoms with Crippen LogP contribution in [0.4, 0.5) is 0 Å². The fourth-order valence-electron chi connectivity index (χ4n) is 10.3. The maximum atomic E-state index is 4.94. The quantitative estimate of drug-likeness (QED) is 0.112. The standard InChI is InChI=1S/C22H29PSi2.C22H28PSi2.2C7H8.4C4H8O.Ca/c2*1-24(2,3)21-19(17-13-9-7-10-14-17)23-20(22(21)25(4,5)6)18-15-11-8-12-16-18;2*1-7-5-3-2-4-6-7;4*1-2-4-5-3-1;/h7-16,23H,1-6H3;7-16H,1-6H3;2*2-6H,1H3;4*1-4H2;/q;-1;;;;;;;+2. The van der Waals surface area contributed by atoms with Crippen molar-refractivity contribution >= 4 is 107 Å². The minimum absolute atomic E-state index is 0. The Balaban J connectivity index is 0.000000234. The molecule has 0 saturated carbocycles. The zero-order valence-electron chi connectivity index (χ0n) is 54.9. The first-order valence-electron chi connectivity index (χ1n) is 31.2. The molecule has 12 rings (SSSR count). The largest absolute Gasteiger partial charge is 2.00 e. The zero-order chi connectivity index (χ0) is 60.9. The first-order valence-corrected chi connectivity index (χ1v) is 47.1. The Hall–Kier alpha value is -3.15. The molecule has 0 bridgehead atoms. The molecule has 8 aromatic rings. The Morgan fingerprint density at radius 2 is 0.588 bits per heavy atom. The molecule has 0 amide bonds. The van der Waals surface area contributed by atoms with Gasteiger partial charge in [0.2, 0.25) is 0 Å². The number of aryl methyl sites for hydroxylation is 2. The Morgan fingerprint density at radius 1 is 0.329 bits per heavy atom. The number of benzene rings is 6. The summed E-state index contributed by atoms with van der Waals surface area (Å²) in [5.74, 6) is 0. The minimum atomic E-state index is -1.47. The molecule has 2 aromatic heterocycles. The van der Waals surface area contributed by atoms with Crippen molar-refractivity contribution < 1.29 is 18.9 Å². The molecule has 0 radical (unpaired) electrons. The fourth-order valence-corrected chi connectivity index (χ4v) is 29.8. The van der Waals surface area contributed by atoms with Crippen molar-refractivity contribution in [2.24, 2.45) is 0 Å². The van der Waals surface area contributed by atoms with Gasteiger partial charge in [0.1, 0.15) is 0 Å². The third kappa shape index (κ3) is 26.8. The maximum absolute atomic E-state index is 4.94. The fraction of sp³-hybridized carbons (Fsp3) is 0.405. The van der Waals surface area contributed by atoms with Crippen LogP contribution in [0.1, 0.15) is 62.5 Å². The van der Waals surface area contributed by atoms with Gasteiger partial charge in [0, 0.05) is 69.1 Å². The maximum Gasteiger partial charge on any atom is 2.00 e. The molecule has 452 valence electrons. The van der Waals surface area contributed by atoms with Gasteiger partial charge in [-0.15, -0.1) is 12.1 Å². The Bertz CT molecular complexity index is 2590. The second-order valence-corrected chi connectivity index (χ2v) is 48.6. The van der Waals surface area contributed by atoms with Crippen LogP contribution in [0, 0.1) is 13.8 Å². The van der Waals surface area contributed by atoms with E-state index in [0.29, 0.717) is 0 Å². The molecule has 85 heavy (non-hydrogen) atoms. The molecule has 4 aliphatic heterocycles. The topological polar surface area (TPSA) is 36.9 Å². The molecule has 6 heterocycles. The van der Waals surface area contributed by atoms with Gasteiger partial charge in [-0.1, -0.05) is 297 Å². The van der Waals surface area contributed by atoms with Crippen molar-refractivity contribution in [2.45, 2.75) is 144 Å². The van der Waals surface area contributed by atoms with Crippen LogP contribution >= 0.6 is 16.4 Å².